The van der Waals surface area contributed by atoms with E-state index in [1.165, 1.54) is 0 Å². The molecule has 146 valence electrons. The quantitative estimate of drug-likeness (QED) is 0.662. The fraction of sp³-hybridized carbons (Fsp3) is 0.318. The lowest BCUT2D eigenvalue weighted by molar-refractivity contribution is -0.120. The number of fused-ring (bicyclic) bond motifs is 1. The number of hydrogen-bond acceptors (Lipinski definition) is 3. The van der Waals surface area contributed by atoms with Crippen molar-refractivity contribution in [3.8, 4) is 0 Å². The molecule has 6 heteroatoms. The van der Waals surface area contributed by atoms with Gasteiger partial charge >= 0.3 is 0 Å². The molecule has 0 fully saturated rings. The zero-order valence-electron chi connectivity index (χ0n) is 16.6. The molecule has 6 nitrogen and oxygen atoms in total. The number of nitrogens with zero attached hydrogens (tertiary/aromatic N) is 2. The molecule has 1 aromatic heterocycles. The van der Waals surface area contributed by atoms with E-state index in [2.05, 4.69) is 21.7 Å². The third-order valence-corrected chi connectivity index (χ3v) is 4.53. The second-order valence-electron chi connectivity index (χ2n) is 6.98. The van der Waals surface area contributed by atoms with Crippen LogP contribution < -0.4 is 10.6 Å². The molecule has 0 saturated heterocycles. The van der Waals surface area contributed by atoms with E-state index < -0.39 is 0 Å². The number of nitrogens with one attached hydrogen (secondary N) is 2. The topological polar surface area (TPSA) is 76.0 Å². The second-order valence-corrected chi connectivity index (χ2v) is 6.98. The highest BCUT2D eigenvalue weighted by atomic mass is 16.2. The highest BCUT2D eigenvalue weighted by Crippen LogP contribution is 2.18. The van der Waals surface area contributed by atoms with Crippen LogP contribution in [0.3, 0.4) is 0 Å². The predicted octanol–water partition coefficient (Wildman–Crippen LogP) is 3.36. The lowest BCUT2D eigenvalue weighted by Crippen LogP contribution is -2.26. The zero-order chi connectivity index (χ0) is 20.1. The van der Waals surface area contributed by atoms with Crippen molar-refractivity contribution in [2.75, 3.05) is 11.9 Å². The minimum atomic E-state index is -0.105. The number of aryl methyl sites for hydroxylation is 2. The SMILES string of the molecule is CCC(=O)NCCc1nc2ccccc2n1CC(=O)Nc1cc(C)cc(C)c1. The second kappa shape index (κ2) is 8.69. The van der Waals surface area contributed by atoms with Gasteiger partial charge in [0.2, 0.25) is 11.8 Å². The molecule has 0 aliphatic rings. The third-order valence-electron chi connectivity index (χ3n) is 4.53. The van der Waals surface area contributed by atoms with Crippen LogP contribution in [0.15, 0.2) is 42.5 Å². The Morgan fingerprint density at radius 1 is 1.04 bits per heavy atom. The summed E-state index contributed by atoms with van der Waals surface area (Å²) < 4.78 is 1.92. The Morgan fingerprint density at radius 3 is 2.46 bits per heavy atom. The van der Waals surface area contributed by atoms with Crippen LogP contribution in [0.5, 0.6) is 0 Å². The van der Waals surface area contributed by atoms with Gasteiger partial charge in [-0.2, -0.15) is 0 Å². The standard InChI is InChI=1S/C22H26N4O2/c1-4-21(27)23-10-9-20-25-18-7-5-6-8-19(18)26(20)14-22(28)24-17-12-15(2)11-16(3)13-17/h5-8,11-13H,4,9-10,14H2,1-3H3,(H,23,27)(H,24,28). The van der Waals surface area contributed by atoms with E-state index in [-0.39, 0.29) is 18.4 Å². The fourth-order valence-electron chi connectivity index (χ4n) is 3.32. The monoisotopic (exact) mass is 378 g/mol. The molecule has 0 atom stereocenters. The lowest BCUT2D eigenvalue weighted by Gasteiger charge is -2.11. The van der Waals surface area contributed by atoms with Crippen LogP contribution in [0.1, 0.15) is 30.3 Å². The summed E-state index contributed by atoms with van der Waals surface area (Å²) in [6.07, 6.45) is 1.02. The molecule has 1 heterocycles. The molecule has 0 saturated carbocycles. The Bertz CT molecular complexity index is 987. The molecule has 3 rings (SSSR count). The number of carbonyl (C=O) groups is 2. The highest BCUT2D eigenvalue weighted by molar-refractivity contribution is 5.92. The van der Waals surface area contributed by atoms with Gasteiger partial charge in [0.15, 0.2) is 0 Å². The smallest absolute Gasteiger partial charge is 0.244 e. The van der Waals surface area contributed by atoms with Gasteiger partial charge in [-0.1, -0.05) is 25.1 Å². The summed E-state index contributed by atoms with van der Waals surface area (Å²) >= 11 is 0. The minimum Gasteiger partial charge on any atom is -0.356 e. The van der Waals surface area contributed by atoms with Crippen molar-refractivity contribution in [1.82, 2.24) is 14.9 Å². The fourth-order valence-corrected chi connectivity index (χ4v) is 3.32. The average molecular weight is 378 g/mol. The number of imidazole rings is 1. The molecule has 0 radical (unpaired) electrons. The first-order valence-corrected chi connectivity index (χ1v) is 9.55. The summed E-state index contributed by atoms with van der Waals surface area (Å²) in [6, 6.07) is 13.7. The Labute approximate surface area is 165 Å². The maximum absolute atomic E-state index is 12.7. The molecule has 0 bridgehead atoms. The third kappa shape index (κ3) is 4.76. The van der Waals surface area contributed by atoms with Gasteiger partial charge in [0.05, 0.1) is 11.0 Å². The van der Waals surface area contributed by atoms with Crippen LogP contribution in [-0.2, 0) is 22.6 Å². The minimum absolute atomic E-state index is 0.00946. The van der Waals surface area contributed by atoms with Gasteiger partial charge in [0, 0.05) is 25.1 Å². The first-order chi connectivity index (χ1) is 13.5. The Morgan fingerprint density at radius 2 is 1.75 bits per heavy atom. The molecular weight excluding hydrogens is 352 g/mol. The van der Waals surface area contributed by atoms with Gasteiger partial charge < -0.3 is 15.2 Å². The van der Waals surface area contributed by atoms with Crippen LogP contribution in [0.2, 0.25) is 0 Å². The van der Waals surface area contributed by atoms with Crippen LogP contribution in [-0.4, -0.2) is 27.9 Å². The molecule has 0 aliphatic heterocycles. The van der Waals surface area contributed by atoms with E-state index in [1.807, 2.05) is 61.7 Å². The van der Waals surface area contributed by atoms with Gasteiger partial charge in [0.1, 0.15) is 12.4 Å². The van der Waals surface area contributed by atoms with E-state index in [1.54, 1.807) is 0 Å². The Hall–Kier alpha value is -3.15. The number of amides is 2. The van der Waals surface area contributed by atoms with Gasteiger partial charge in [0.25, 0.3) is 0 Å². The van der Waals surface area contributed by atoms with E-state index in [0.717, 1.165) is 33.7 Å². The maximum Gasteiger partial charge on any atom is 0.244 e. The van der Waals surface area contributed by atoms with E-state index >= 15 is 0 Å². The van der Waals surface area contributed by atoms with Crippen molar-refractivity contribution >= 4 is 28.5 Å². The maximum atomic E-state index is 12.7. The van der Waals surface area contributed by atoms with Gasteiger partial charge in [-0.25, -0.2) is 4.98 Å². The lowest BCUT2D eigenvalue weighted by atomic mass is 10.1. The number of benzene rings is 2. The van der Waals surface area contributed by atoms with Crippen LogP contribution in [0.4, 0.5) is 5.69 Å². The molecule has 28 heavy (non-hydrogen) atoms. The number of hydrogen-bond donors (Lipinski definition) is 2. The number of rotatable bonds is 7. The van der Waals surface area contributed by atoms with Crippen molar-refractivity contribution in [3.63, 3.8) is 0 Å². The number of carbonyl (C=O) groups excluding carboxylic acids is 2. The number of para-hydroxylation sites is 2. The van der Waals surface area contributed by atoms with E-state index in [0.29, 0.717) is 19.4 Å². The molecule has 3 aromatic rings. The largest absolute Gasteiger partial charge is 0.356 e. The molecule has 2 N–H and O–H groups in total. The van der Waals surface area contributed by atoms with Crippen molar-refractivity contribution in [2.24, 2.45) is 0 Å². The van der Waals surface area contributed by atoms with Crippen LogP contribution in [0.25, 0.3) is 11.0 Å². The molecule has 0 aliphatic carbocycles. The highest BCUT2D eigenvalue weighted by Gasteiger charge is 2.14. The summed E-state index contributed by atoms with van der Waals surface area (Å²) in [5, 5.41) is 5.85. The van der Waals surface area contributed by atoms with Crippen molar-refractivity contribution in [2.45, 2.75) is 40.2 Å². The molecule has 0 spiro atoms. The van der Waals surface area contributed by atoms with Gasteiger partial charge in [-0.05, 0) is 49.2 Å². The number of aromatic nitrogens is 2. The van der Waals surface area contributed by atoms with Crippen LogP contribution in [0, 0.1) is 13.8 Å². The van der Waals surface area contributed by atoms with Crippen LogP contribution >= 0.6 is 0 Å². The van der Waals surface area contributed by atoms with E-state index in [4.69, 9.17) is 0 Å². The average Bonchev–Trinajstić information content (AvgIpc) is 2.98. The van der Waals surface area contributed by atoms with Crippen molar-refractivity contribution < 1.29 is 9.59 Å². The van der Waals surface area contributed by atoms with Gasteiger partial charge in [-0.15, -0.1) is 0 Å². The first-order valence-electron chi connectivity index (χ1n) is 9.55. The molecule has 2 amide bonds. The summed E-state index contributed by atoms with van der Waals surface area (Å²) in [4.78, 5) is 28.8. The zero-order valence-corrected chi connectivity index (χ0v) is 16.6. The number of anilines is 1. The summed E-state index contributed by atoms with van der Waals surface area (Å²) in [5.41, 5.74) is 4.77. The first kappa shape index (κ1) is 19.6. The van der Waals surface area contributed by atoms with Crippen molar-refractivity contribution in [3.05, 3.63) is 59.4 Å². The Balaban J connectivity index is 1.79. The van der Waals surface area contributed by atoms with Gasteiger partial charge in [-0.3, -0.25) is 9.59 Å². The molecule has 2 aromatic carbocycles. The Kier molecular flexibility index (Phi) is 6.09. The predicted molar refractivity (Wildman–Crippen MR) is 111 cm³/mol. The summed E-state index contributed by atoms with van der Waals surface area (Å²) in [7, 11) is 0. The molecular formula is C22H26N4O2. The summed E-state index contributed by atoms with van der Waals surface area (Å²) in [5.74, 6) is 0.690. The summed E-state index contributed by atoms with van der Waals surface area (Å²) in [6.45, 7) is 6.50. The van der Waals surface area contributed by atoms with E-state index in [9.17, 15) is 9.59 Å². The molecule has 0 unspecified atom stereocenters. The normalized spacial score (nSPS) is 10.8. The van der Waals surface area contributed by atoms with Crippen molar-refractivity contribution in [1.29, 1.82) is 0 Å².